The van der Waals surface area contributed by atoms with E-state index < -0.39 is 41.1 Å². The molecule has 34 heavy (non-hydrogen) atoms. The molecule has 0 aliphatic carbocycles. The summed E-state index contributed by atoms with van der Waals surface area (Å²) in [6, 6.07) is 0.0734. The summed E-state index contributed by atoms with van der Waals surface area (Å²) in [7, 11) is 1.42. The van der Waals surface area contributed by atoms with Crippen LogP contribution < -0.4 is 20.3 Å². The van der Waals surface area contributed by atoms with E-state index in [0.717, 1.165) is 0 Å². The Hall–Kier alpha value is -3.60. The molecule has 178 valence electrons. The number of hydrogen-bond acceptors (Lipinski definition) is 7. The standard InChI is InChI=1S/C23H23F2N5O4/c1-10-9-30-19-13(5-14(17(24)18(19)25)15-7-27-16(33-4)8-26-15)6-23(20(30)11(2)34-10)12(3)28-22(32)29-21(23)31/h5,7-8,10-11,20H,3,6,9H2,1-2,4H3,(H2,28,29,31,32)/t10-,11+,20?,23?/m1/s1. The number of fused-ring (bicyclic) bond motifs is 4. The lowest BCUT2D eigenvalue weighted by molar-refractivity contribution is -0.136. The van der Waals surface area contributed by atoms with E-state index in [9.17, 15) is 9.59 Å². The average Bonchev–Trinajstić information content (AvgIpc) is 2.79. The number of aromatic nitrogens is 2. The fraction of sp³-hybridized carbons (Fsp3) is 0.391. The molecule has 3 aliphatic rings. The van der Waals surface area contributed by atoms with Crippen LogP contribution in [0.2, 0.25) is 0 Å². The zero-order chi connectivity index (χ0) is 24.4. The molecule has 2 aromatic rings. The number of benzene rings is 1. The molecule has 0 bridgehead atoms. The van der Waals surface area contributed by atoms with Gasteiger partial charge in [-0.1, -0.05) is 6.58 Å². The number of hydrogen-bond donors (Lipinski definition) is 2. The van der Waals surface area contributed by atoms with Gasteiger partial charge in [0.05, 0.1) is 49.1 Å². The largest absolute Gasteiger partial charge is 0.480 e. The van der Waals surface area contributed by atoms with Crippen molar-refractivity contribution in [2.45, 2.75) is 38.5 Å². The highest BCUT2D eigenvalue weighted by Gasteiger charge is 2.60. The summed E-state index contributed by atoms with van der Waals surface area (Å²) < 4.78 is 42.0. The van der Waals surface area contributed by atoms with Crippen molar-refractivity contribution in [3.63, 3.8) is 0 Å². The van der Waals surface area contributed by atoms with E-state index in [0.29, 0.717) is 5.56 Å². The number of rotatable bonds is 2. The first-order valence-electron chi connectivity index (χ1n) is 10.8. The average molecular weight is 471 g/mol. The number of imide groups is 1. The number of amides is 3. The normalized spacial score (nSPS) is 28.2. The van der Waals surface area contributed by atoms with E-state index in [1.54, 1.807) is 11.8 Å². The number of carbonyl (C=O) groups excluding carboxylic acids is 2. The molecule has 2 saturated heterocycles. The van der Waals surface area contributed by atoms with Gasteiger partial charge in [-0.2, -0.15) is 0 Å². The van der Waals surface area contributed by atoms with Crippen LogP contribution in [0.25, 0.3) is 11.3 Å². The van der Waals surface area contributed by atoms with Crippen molar-refractivity contribution < 1.29 is 27.8 Å². The van der Waals surface area contributed by atoms with Gasteiger partial charge in [-0.3, -0.25) is 10.1 Å². The van der Waals surface area contributed by atoms with Gasteiger partial charge >= 0.3 is 6.03 Å². The molecule has 0 radical (unpaired) electrons. The molecule has 5 rings (SSSR count). The SMILES string of the molecule is C=C1NC(=O)NC(=O)C12Cc1cc(-c3cnc(OC)cn3)c(F)c(F)c1N1C[C@@H](C)O[C@@H](C)C12. The molecule has 2 unspecified atom stereocenters. The van der Waals surface area contributed by atoms with Gasteiger partial charge in [0, 0.05) is 17.8 Å². The highest BCUT2D eigenvalue weighted by Crippen LogP contribution is 2.51. The molecular formula is C23H23F2N5O4. The van der Waals surface area contributed by atoms with Crippen molar-refractivity contribution >= 4 is 17.6 Å². The molecule has 2 N–H and O–H groups in total. The van der Waals surface area contributed by atoms with E-state index in [4.69, 9.17) is 9.47 Å². The monoisotopic (exact) mass is 471 g/mol. The number of urea groups is 1. The van der Waals surface area contributed by atoms with Crippen molar-refractivity contribution in [2.75, 3.05) is 18.6 Å². The Morgan fingerprint density at radius 2 is 1.97 bits per heavy atom. The smallest absolute Gasteiger partial charge is 0.325 e. The lowest BCUT2D eigenvalue weighted by Crippen LogP contribution is -2.72. The Morgan fingerprint density at radius 3 is 2.62 bits per heavy atom. The third-order valence-corrected chi connectivity index (χ3v) is 6.75. The van der Waals surface area contributed by atoms with Gasteiger partial charge in [-0.05, 0) is 31.9 Å². The summed E-state index contributed by atoms with van der Waals surface area (Å²) in [4.78, 5) is 35.1. The summed E-state index contributed by atoms with van der Waals surface area (Å²) >= 11 is 0. The Balaban J connectivity index is 1.72. The first-order chi connectivity index (χ1) is 16.2. The third-order valence-electron chi connectivity index (χ3n) is 6.75. The Kier molecular flexibility index (Phi) is 5.05. The van der Waals surface area contributed by atoms with E-state index in [-0.39, 0.29) is 47.6 Å². The van der Waals surface area contributed by atoms with Crippen molar-refractivity contribution in [1.82, 2.24) is 20.6 Å². The molecule has 1 spiro atoms. The lowest BCUT2D eigenvalue weighted by Gasteiger charge is -2.57. The second kappa shape index (κ2) is 7.73. The second-order valence-corrected chi connectivity index (χ2v) is 8.79. The number of ether oxygens (including phenoxy) is 2. The quantitative estimate of drug-likeness (QED) is 0.693. The van der Waals surface area contributed by atoms with Crippen LogP contribution >= 0.6 is 0 Å². The summed E-state index contributed by atoms with van der Waals surface area (Å²) in [6.45, 7) is 7.78. The molecule has 4 atom stereocenters. The van der Waals surface area contributed by atoms with Crippen molar-refractivity contribution in [3.8, 4) is 17.1 Å². The molecule has 11 heteroatoms. The summed E-state index contributed by atoms with van der Waals surface area (Å²) in [5.74, 6) is -2.45. The number of nitrogens with zero attached hydrogens (tertiary/aromatic N) is 3. The van der Waals surface area contributed by atoms with Gasteiger partial charge in [0.2, 0.25) is 11.8 Å². The second-order valence-electron chi connectivity index (χ2n) is 8.79. The lowest BCUT2D eigenvalue weighted by atomic mass is 9.65. The predicted molar refractivity (Wildman–Crippen MR) is 117 cm³/mol. The van der Waals surface area contributed by atoms with Crippen LogP contribution in [0.1, 0.15) is 19.4 Å². The van der Waals surface area contributed by atoms with Gasteiger partial charge in [-0.25, -0.2) is 23.5 Å². The van der Waals surface area contributed by atoms with Crippen LogP contribution in [0, 0.1) is 17.0 Å². The molecule has 1 aromatic heterocycles. The van der Waals surface area contributed by atoms with Gasteiger partial charge in [0.15, 0.2) is 11.6 Å². The fourth-order valence-corrected chi connectivity index (χ4v) is 5.42. The number of halogens is 2. The molecule has 9 nitrogen and oxygen atoms in total. The summed E-state index contributed by atoms with van der Waals surface area (Å²) in [5.41, 5.74) is -0.703. The third kappa shape index (κ3) is 3.07. The molecule has 4 heterocycles. The molecule has 0 saturated carbocycles. The molecule has 1 aromatic carbocycles. The van der Waals surface area contributed by atoms with Crippen molar-refractivity contribution in [2.24, 2.45) is 5.41 Å². The number of methoxy groups -OCH3 is 1. The highest BCUT2D eigenvalue weighted by molar-refractivity contribution is 6.04. The zero-order valence-corrected chi connectivity index (χ0v) is 18.8. The van der Waals surface area contributed by atoms with E-state index in [1.165, 1.54) is 25.6 Å². The van der Waals surface area contributed by atoms with Gasteiger partial charge in [0.1, 0.15) is 5.41 Å². The van der Waals surface area contributed by atoms with Crippen LogP contribution in [0.5, 0.6) is 5.88 Å². The minimum absolute atomic E-state index is 0.0235. The maximum absolute atomic E-state index is 15.7. The van der Waals surface area contributed by atoms with Crippen molar-refractivity contribution in [3.05, 3.63) is 47.9 Å². The van der Waals surface area contributed by atoms with E-state index in [2.05, 4.69) is 27.2 Å². The fourth-order valence-electron chi connectivity index (χ4n) is 5.42. The van der Waals surface area contributed by atoms with Crippen LogP contribution in [-0.4, -0.2) is 53.8 Å². The zero-order valence-electron chi connectivity index (χ0n) is 18.8. The number of anilines is 1. The molecular weight excluding hydrogens is 448 g/mol. The molecule has 2 fully saturated rings. The maximum Gasteiger partial charge on any atom is 0.325 e. The molecule has 3 amide bonds. The summed E-state index contributed by atoms with van der Waals surface area (Å²) in [6.07, 6.45) is 1.73. The number of carbonyl (C=O) groups is 2. The van der Waals surface area contributed by atoms with Crippen molar-refractivity contribution in [1.29, 1.82) is 0 Å². The summed E-state index contributed by atoms with van der Waals surface area (Å²) in [5, 5.41) is 4.91. The first kappa shape index (κ1) is 22.2. The Morgan fingerprint density at radius 1 is 1.21 bits per heavy atom. The Labute approximate surface area is 194 Å². The number of nitrogens with one attached hydrogen (secondary N) is 2. The first-order valence-corrected chi connectivity index (χ1v) is 10.8. The van der Waals surface area contributed by atoms with Crippen LogP contribution in [0.4, 0.5) is 19.3 Å². The minimum atomic E-state index is -1.35. The topological polar surface area (TPSA) is 106 Å². The predicted octanol–water partition coefficient (Wildman–Crippen LogP) is 2.31. The van der Waals surface area contributed by atoms with Gasteiger partial charge in [-0.15, -0.1) is 0 Å². The van der Waals surface area contributed by atoms with Gasteiger partial charge in [0.25, 0.3) is 0 Å². The number of morpholine rings is 1. The minimum Gasteiger partial charge on any atom is -0.480 e. The highest BCUT2D eigenvalue weighted by atomic mass is 19.2. The van der Waals surface area contributed by atoms with E-state index in [1.807, 2.05) is 6.92 Å². The Bertz CT molecular complexity index is 1200. The van der Waals surface area contributed by atoms with E-state index >= 15 is 8.78 Å². The molecule has 3 aliphatic heterocycles. The maximum atomic E-state index is 15.7. The van der Waals surface area contributed by atoms with Crippen LogP contribution in [0.3, 0.4) is 0 Å². The van der Waals surface area contributed by atoms with Crippen LogP contribution in [-0.2, 0) is 16.0 Å². The van der Waals surface area contributed by atoms with Crippen LogP contribution in [0.15, 0.2) is 30.7 Å². The van der Waals surface area contributed by atoms with Gasteiger partial charge < -0.3 is 19.7 Å².